The van der Waals surface area contributed by atoms with Crippen molar-refractivity contribution in [3.8, 4) is 0 Å². The lowest BCUT2D eigenvalue weighted by Crippen LogP contribution is -2.33. The molecule has 82 valence electrons. The lowest BCUT2D eigenvalue weighted by molar-refractivity contribution is -0.112. The molecule has 0 N–H and O–H groups in total. The van der Waals surface area contributed by atoms with E-state index in [0.29, 0.717) is 0 Å². The molecule has 0 aromatic carbocycles. The average Bonchev–Trinajstić information content (AvgIpc) is 2.66. The van der Waals surface area contributed by atoms with Crippen molar-refractivity contribution in [1.29, 1.82) is 0 Å². The van der Waals surface area contributed by atoms with Crippen LogP contribution in [0.25, 0.3) is 0 Å². The molecule has 15 heavy (non-hydrogen) atoms. The fraction of sp³-hybridized carbons (Fsp3) is 0.700. The van der Waals surface area contributed by atoms with Crippen molar-refractivity contribution in [3.05, 3.63) is 11.4 Å². The lowest BCUT2D eigenvalue weighted by Gasteiger charge is -2.28. The van der Waals surface area contributed by atoms with Gasteiger partial charge in [0.25, 0.3) is 0 Å². The van der Waals surface area contributed by atoms with Crippen LogP contribution in [0.1, 0.15) is 24.2 Å². The van der Waals surface area contributed by atoms with Crippen molar-refractivity contribution in [2.45, 2.75) is 26.3 Å². The van der Waals surface area contributed by atoms with Crippen LogP contribution in [0.15, 0.2) is 4.63 Å². The minimum atomic E-state index is 0.248. The van der Waals surface area contributed by atoms with Crippen molar-refractivity contribution >= 4 is 6.29 Å². The second kappa shape index (κ2) is 4.53. The van der Waals surface area contributed by atoms with Crippen molar-refractivity contribution in [1.82, 2.24) is 15.2 Å². The molecule has 5 heteroatoms. The molecule has 0 radical (unpaired) electrons. The third-order valence-corrected chi connectivity index (χ3v) is 2.94. The first kappa shape index (κ1) is 10.3. The van der Waals surface area contributed by atoms with Crippen LogP contribution in [0.2, 0.25) is 0 Å². The fourth-order valence-corrected chi connectivity index (χ4v) is 1.85. The minimum Gasteiger partial charge on any atom is -0.303 e. The van der Waals surface area contributed by atoms with Crippen LogP contribution in [0.5, 0.6) is 0 Å². The maximum atomic E-state index is 10.6. The number of carbonyl (C=O) groups is 1. The molecule has 1 saturated heterocycles. The maximum Gasteiger partial charge on any atom is 0.123 e. The van der Waals surface area contributed by atoms with Gasteiger partial charge < -0.3 is 4.79 Å². The van der Waals surface area contributed by atoms with Gasteiger partial charge in [-0.25, -0.2) is 4.63 Å². The normalized spacial score (nSPS) is 19.3. The number of hydrogen-bond acceptors (Lipinski definition) is 5. The van der Waals surface area contributed by atoms with Crippen LogP contribution < -0.4 is 0 Å². The Balaban J connectivity index is 1.87. The molecule has 2 rings (SSSR count). The summed E-state index contributed by atoms with van der Waals surface area (Å²) >= 11 is 0. The van der Waals surface area contributed by atoms with Crippen molar-refractivity contribution in [2.24, 2.45) is 5.92 Å². The number of rotatable bonds is 3. The Morgan fingerprint density at radius 1 is 1.47 bits per heavy atom. The number of aryl methyl sites for hydroxylation is 1. The van der Waals surface area contributed by atoms with Gasteiger partial charge in [-0.05, 0) is 32.9 Å². The summed E-state index contributed by atoms with van der Waals surface area (Å²) < 4.78 is 4.65. The highest BCUT2D eigenvalue weighted by molar-refractivity contribution is 5.53. The van der Waals surface area contributed by atoms with Gasteiger partial charge in [0.2, 0.25) is 0 Å². The number of hydrogen-bond donors (Lipinski definition) is 0. The van der Waals surface area contributed by atoms with E-state index in [1.54, 1.807) is 0 Å². The molecule has 0 spiro atoms. The summed E-state index contributed by atoms with van der Waals surface area (Å²) in [5.41, 5.74) is 1.76. The number of aromatic nitrogens is 2. The molecule has 0 bridgehead atoms. The van der Waals surface area contributed by atoms with Gasteiger partial charge in [-0.3, -0.25) is 4.90 Å². The van der Waals surface area contributed by atoms with E-state index in [1.807, 2.05) is 6.92 Å². The predicted octanol–water partition coefficient (Wildman–Crippen LogP) is 0.789. The molecule has 0 atom stereocenters. The van der Waals surface area contributed by atoms with Gasteiger partial charge in [0.1, 0.15) is 17.7 Å². The Kier molecular flexibility index (Phi) is 3.11. The van der Waals surface area contributed by atoms with E-state index in [9.17, 15) is 4.79 Å². The third-order valence-electron chi connectivity index (χ3n) is 2.94. The first-order valence-electron chi connectivity index (χ1n) is 5.25. The molecule has 2 heterocycles. The summed E-state index contributed by atoms with van der Waals surface area (Å²) in [6, 6.07) is 0. The van der Waals surface area contributed by atoms with Gasteiger partial charge in [0.15, 0.2) is 0 Å². The monoisotopic (exact) mass is 209 g/mol. The summed E-state index contributed by atoms with van der Waals surface area (Å²) in [6.45, 7) is 4.58. The Bertz CT molecular complexity index is 329. The number of aldehydes is 1. The topological polar surface area (TPSA) is 59.2 Å². The van der Waals surface area contributed by atoms with Gasteiger partial charge in [0, 0.05) is 12.5 Å². The summed E-state index contributed by atoms with van der Waals surface area (Å²) in [5, 5.41) is 7.60. The second-order valence-electron chi connectivity index (χ2n) is 4.05. The van der Waals surface area contributed by atoms with Crippen molar-refractivity contribution in [2.75, 3.05) is 13.1 Å². The molecule has 0 amide bonds. The van der Waals surface area contributed by atoms with Gasteiger partial charge in [-0.2, -0.15) is 0 Å². The number of nitrogens with zero attached hydrogens (tertiary/aromatic N) is 3. The van der Waals surface area contributed by atoms with E-state index in [2.05, 4.69) is 19.8 Å². The standard InChI is InChI=1S/C10H15N3O2/c1-8-10(12-15-11-8)6-13-4-2-9(7-14)3-5-13/h7,9H,2-6H2,1H3. The van der Waals surface area contributed by atoms with Crippen LogP contribution in [-0.2, 0) is 11.3 Å². The molecule has 0 unspecified atom stereocenters. The van der Waals surface area contributed by atoms with E-state index in [0.717, 1.165) is 50.1 Å². The fourth-order valence-electron chi connectivity index (χ4n) is 1.85. The molecule has 1 fully saturated rings. The van der Waals surface area contributed by atoms with E-state index in [4.69, 9.17) is 0 Å². The quantitative estimate of drug-likeness (QED) is 0.689. The highest BCUT2D eigenvalue weighted by atomic mass is 16.6. The molecule has 0 saturated carbocycles. The Hall–Kier alpha value is -1.23. The minimum absolute atomic E-state index is 0.248. The van der Waals surface area contributed by atoms with Gasteiger partial charge in [0.05, 0.1) is 0 Å². The largest absolute Gasteiger partial charge is 0.303 e. The zero-order valence-electron chi connectivity index (χ0n) is 8.85. The first-order chi connectivity index (χ1) is 7.29. The van der Waals surface area contributed by atoms with E-state index in [-0.39, 0.29) is 5.92 Å². The third kappa shape index (κ3) is 2.41. The van der Waals surface area contributed by atoms with Crippen LogP contribution in [0.4, 0.5) is 0 Å². The molecular formula is C10H15N3O2. The van der Waals surface area contributed by atoms with Crippen LogP contribution >= 0.6 is 0 Å². The molecule has 0 aliphatic carbocycles. The van der Waals surface area contributed by atoms with Gasteiger partial charge in [-0.15, -0.1) is 0 Å². The molecule has 1 aromatic heterocycles. The summed E-state index contributed by atoms with van der Waals surface area (Å²) in [5.74, 6) is 0.248. The lowest BCUT2D eigenvalue weighted by atomic mass is 9.98. The number of carbonyl (C=O) groups excluding carboxylic acids is 1. The predicted molar refractivity (Wildman–Crippen MR) is 53.1 cm³/mol. The second-order valence-corrected chi connectivity index (χ2v) is 4.05. The molecule has 1 aliphatic rings. The summed E-state index contributed by atoms with van der Waals surface area (Å²) in [7, 11) is 0. The van der Waals surface area contributed by atoms with Crippen molar-refractivity contribution in [3.63, 3.8) is 0 Å². The summed E-state index contributed by atoms with van der Waals surface area (Å²) in [6.07, 6.45) is 2.97. The Morgan fingerprint density at radius 2 is 2.20 bits per heavy atom. The molecule has 5 nitrogen and oxygen atoms in total. The molecular weight excluding hydrogens is 194 g/mol. The average molecular weight is 209 g/mol. The van der Waals surface area contributed by atoms with Crippen LogP contribution in [0.3, 0.4) is 0 Å². The SMILES string of the molecule is Cc1nonc1CN1CCC(C=O)CC1. The van der Waals surface area contributed by atoms with Gasteiger partial charge >= 0.3 is 0 Å². The van der Waals surface area contributed by atoms with Crippen LogP contribution in [0, 0.1) is 12.8 Å². The number of likely N-dealkylation sites (tertiary alicyclic amines) is 1. The van der Waals surface area contributed by atoms with Gasteiger partial charge in [-0.1, -0.05) is 10.3 Å². The molecule has 1 aliphatic heterocycles. The highest BCUT2D eigenvalue weighted by Crippen LogP contribution is 2.17. The zero-order chi connectivity index (χ0) is 10.7. The first-order valence-corrected chi connectivity index (χ1v) is 5.25. The maximum absolute atomic E-state index is 10.6. The summed E-state index contributed by atoms with van der Waals surface area (Å²) in [4.78, 5) is 12.9. The van der Waals surface area contributed by atoms with E-state index >= 15 is 0 Å². The number of piperidine rings is 1. The van der Waals surface area contributed by atoms with Crippen molar-refractivity contribution < 1.29 is 9.42 Å². The van der Waals surface area contributed by atoms with E-state index < -0.39 is 0 Å². The molecule has 1 aromatic rings. The van der Waals surface area contributed by atoms with E-state index in [1.165, 1.54) is 0 Å². The zero-order valence-corrected chi connectivity index (χ0v) is 8.85. The van der Waals surface area contributed by atoms with Crippen LogP contribution in [-0.4, -0.2) is 34.6 Å². The Morgan fingerprint density at radius 3 is 2.73 bits per heavy atom. The Labute approximate surface area is 88.4 Å². The highest BCUT2D eigenvalue weighted by Gasteiger charge is 2.20. The smallest absolute Gasteiger partial charge is 0.123 e.